The molecule has 134 valence electrons. The monoisotopic (exact) mass is 362 g/mol. The standard InChI is InChI=1S/C21H15FN2O3/c22-21(11-9-15(10-12-21)14-5-2-1-3-6-14)20-23-18(24-27-20)16-7-4-8-17(13-16)19(25)26/h1-13,15H,(H,25,26). The highest BCUT2D eigenvalue weighted by Crippen LogP contribution is 2.36. The Labute approximate surface area is 154 Å². The van der Waals surface area contributed by atoms with Crippen LogP contribution < -0.4 is 0 Å². The van der Waals surface area contributed by atoms with E-state index in [2.05, 4.69) is 10.1 Å². The third kappa shape index (κ3) is 3.29. The predicted molar refractivity (Wildman–Crippen MR) is 96.9 cm³/mol. The van der Waals surface area contributed by atoms with Crippen molar-refractivity contribution in [2.45, 2.75) is 11.6 Å². The molecular weight excluding hydrogens is 347 g/mol. The molecule has 27 heavy (non-hydrogen) atoms. The van der Waals surface area contributed by atoms with Crippen LogP contribution in [0, 0.1) is 0 Å². The number of aromatic carboxylic acids is 1. The number of halogens is 1. The number of aromatic nitrogens is 2. The summed E-state index contributed by atoms with van der Waals surface area (Å²) < 4.78 is 20.4. The van der Waals surface area contributed by atoms with E-state index in [0.717, 1.165) is 5.56 Å². The van der Waals surface area contributed by atoms with Crippen molar-refractivity contribution in [2.75, 3.05) is 0 Å². The molecule has 0 aliphatic heterocycles. The Morgan fingerprint density at radius 2 is 1.81 bits per heavy atom. The highest BCUT2D eigenvalue weighted by molar-refractivity contribution is 5.89. The number of carbonyl (C=O) groups is 1. The van der Waals surface area contributed by atoms with E-state index in [-0.39, 0.29) is 23.2 Å². The molecule has 2 aromatic carbocycles. The second-order valence-corrected chi connectivity index (χ2v) is 6.23. The van der Waals surface area contributed by atoms with Gasteiger partial charge < -0.3 is 9.63 Å². The van der Waals surface area contributed by atoms with Gasteiger partial charge in [0.15, 0.2) is 0 Å². The van der Waals surface area contributed by atoms with Gasteiger partial charge >= 0.3 is 5.97 Å². The van der Waals surface area contributed by atoms with Crippen molar-refractivity contribution in [2.24, 2.45) is 0 Å². The van der Waals surface area contributed by atoms with Crippen LogP contribution in [0.1, 0.15) is 27.7 Å². The van der Waals surface area contributed by atoms with Gasteiger partial charge in [-0.1, -0.05) is 59.8 Å². The zero-order valence-corrected chi connectivity index (χ0v) is 14.1. The van der Waals surface area contributed by atoms with Crippen molar-refractivity contribution >= 4 is 5.97 Å². The zero-order valence-electron chi connectivity index (χ0n) is 14.1. The second kappa shape index (κ2) is 6.64. The predicted octanol–water partition coefficient (Wildman–Crippen LogP) is 4.51. The number of benzene rings is 2. The lowest BCUT2D eigenvalue weighted by atomic mass is 9.89. The molecule has 5 nitrogen and oxygen atoms in total. The van der Waals surface area contributed by atoms with E-state index in [0.29, 0.717) is 5.56 Å². The molecule has 0 amide bonds. The molecule has 3 aromatic rings. The van der Waals surface area contributed by atoms with Gasteiger partial charge in [0.2, 0.25) is 11.5 Å². The average Bonchev–Trinajstić information content (AvgIpc) is 3.21. The van der Waals surface area contributed by atoms with Crippen LogP contribution in [-0.2, 0) is 5.67 Å². The minimum absolute atomic E-state index is 0.0234. The van der Waals surface area contributed by atoms with Crippen LogP contribution in [0.4, 0.5) is 4.39 Å². The lowest BCUT2D eigenvalue weighted by Gasteiger charge is -2.19. The fourth-order valence-corrected chi connectivity index (χ4v) is 2.93. The lowest BCUT2D eigenvalue weighted by Crippen LogP contribution is -2.17. The van der Waals surface area contributed by atoms with Crippen molar-refractivity contribution in [1.29, 1.82) is 0 Å². The Morgan fingerprint density at radius 1 is 1.07 bits per heavy atom. The Bertz CT molecular complexity index is 1030. The highest BCUT2D eigenvalue weighted by Gasteiger charge is 2.35. The number of hydrogen-bond acceptors (Lipinski definition) is 4. The Kier molecular flexibility index (Phi) is 4.16. The third-order valence-electron chi connectivity index (χ3n) is 4.40. The molecule has 0 radical (unpaired) electrons. The first-order valence-corrected chi connectivity index (χ1v) is 8.36. The molecule has 1 heterocycles. The van der Waals surface area contributed by atoms with Crippen LogP contribution in [-0.4, -0.2) is 21.2 Å². The minimum Gasteiger partial charge on any atom is -0.478 e. The smallest absolute Gasteiger partial charge is 0.335 e. The Balaban J connectivity index is 1.59. The quantitative estimate of drug-likeness (QED) is 0.691. The summed E-state index contributed by atoms with van der Waals surface area (Å²) in [7, 11) is 0. The molecule has 0 unspecified atom stereocenters. The summed E-state index contributed by atoms with van der Waals surface area (Å²) in [5.74, 6) is -1.15. The topological polar surface area (TPSA) is 76.2 Å². The molecule has 1 N–H and O–H groups in total. The number of nitrogens with zero attached hydrogens (tertiary/aromatic N) is 2. The first kappa shape index (κ1) is 16.9. The molecular formula is C21H15FN2O3. The van der Waals surface area contributed by atoms with E-state index in [1.165, 1.54) is 24.3 Å². The molecule has 1 aromatic heterocycles. The van der Waals surface area contributed by atoms with E-state index in [9.17, 15) is 4.79 Å². The van der Waals surface area contributed by atoms with Crippen LogP contribution in [0.15, 0.2) is 83.4 Å². The van der Waals surface area contributed by atoms with Crippen LogP contribution in [0.25, 0.3) is 11.4 Å². The van der Waals surface area contributed by atoms with Crippen LogP contribution in [0.5, 0.6) is 0 Å². The van der Waals surface area contributed by atoms with E-state index >= 15 is 4.39 Å². The number of hydrogen-bond donors (Lipinski definition) is 1. The number of carboxylic acid groups (broad SMARTS) is 1. The van der Waals surface area contributed by atoms with Gasteiger partial charge in [-0.3, -0.25) is 0 Å². The molecule has 0 saturated carbocycles. The molecule has 0 atom stereocenters. The summed E-state index contributed by atoms with van der Waals surface area (Å²) >= 11 is 0. The average molecular weight is 362 g/mol. The van der Waals surface area contributed by atoms with Gasteiger partial charge in [-0.25, -0.2) is 9.18 Å². The van der Waals surface area contributed by atoms with Crippen molar-refractivity contribution < 1.29 is 18.8 Å². The minimum atomic E-state index is -2.00. The molecule has 0 bridgehead atoms. The summed E-state index contributed by atoms with van der Waals surface area (Å²) in [6.45, 7) is 0. The van der Waals surface area contributed by atoms with Crippen LogP contribution in [0.2, 0.25) is 0 Å². The number of allylic oxidation sites excluding steroid dienone is 4. The van der Waals surface area contributed by atoms with Crippen molar-refractivity contribution in [3.63, 3.8) is 0 Å². The highest BCUT2D eigenvalue weighted by atomic mass is 19.1. The van der Waals surface area contributed by atoms with Gasteiger partial charge in [0.05, 0.1) is 5.56 Å². The molecule has 1 aliphatic rings. The van der Waals surface area contributed by atoms with Gasteiger partial charge in [-0.15, -0.1) is 0 Å². The fraction of sp³-hybridized carbons (Fsp3) is 0.0952. The van der Waals surface area contributed by atoms with Crippen molar-refractivity contribution in [3.8, 4) is 11.4 Å². The lowest BCUT2D eigenvalue weighted by molar-refractivity contribution is 0.0697. The van der Waals surface area contributed by atoms with Crippen LogP contribution >= 0.6 is 0 Å². The SMILES string of the molecule is O=C(O)c1cccc(-c2noc(C3(F)C=CC(c4ccccc4)C=C3)n2)c1. The molecule has 0 fully saturated rings. The van der Waals surface area contributed by atoms with E-state index in [4.69, 9.17) is 9.63 Å². The largest absolute Gasteiger partial charge is 0.478 e. The molecule has 4 rings (SSSR count). The summed E-state index contributed by atoms with van der Waals surface area (Å²) in [6, 6.07) is 15.8. The zero-order chi connectivity index (χ0) is 18.9. The van der Waals surface area contributed by atoms with Gasteiger partial charge in [0.1, 0.15) is 0 Å². The van der Waals surface area contributed by atoms with Gasteiger partial charge in [0, 0.05) is 11.5 Å². The maximum atomic E-state index is 15.3. The summed E-state index contributed by atoms with van der Waals surface area (Å²) in [4.78, 5) is 15.2. The Hall–Kier alpha value is -3.54. The van der Waals surface area contributed by atoms with Crippen molar-refractivity contribution in [3.05, 3.63) is 95.9 Å². The summed E-state index contributed by atoms with van der Waals surface area (Å²) in [5.41, 5.74) is -0.402. The molecule has 0 spiro atoms. The first-order valence-electron chi connectivity index (χ1n) is 8.36. The van der Waals surface area contributed by atoms with E-state index in [1.807, 2.05) is 30.3 Å². The first-order chi connectivity index (χ1) is 13.0. The Morgan fingerprint density at radius 3 is 2.52 bits per heavy atom. The summed E-state index contributed by atoms with van der Waals surface area (Å²) in [6.07, 6.45) is 6.31. The van der Waals surface area contributed by atoms with Crippen molar-refractivity contribution in [1.82, 2.24) is 10.1 Å². The molecule has 0 saturated heterocycles. The maximum Gasteiger partial charge on any atom is 0.335 e. The molecule has 6 heteroatoms. The second-order valence-electron chi connectivity index (χ2n) is 6.23. The number of carboxylic acids is 1. The van der Waals surface area contributed by atoms with E-state index < -0.39 is 11.6 Å². The van der Waals surface area contributed by atoms with Gasteiger partial charge in [-0.05, 0) is 29.8 Å². The van der Waals surface area contributed by atoms with Crippen LogP contribution in [0.3, 0.4) is 0 Å². The maximum absolute atomic E-state index is 15.3. The van der Waals surface area contributed by atoms with E-state index in [1.54, 1.807) is 24.3 Å². The number of alkyl halides is 1. The third-order valence-corrected chi connectivity index (χ3v) is 4.40. The van der Waals surface area contributed by atoms with Gasteiger partial charge in [0.25, 0.3) is 5.89 Å². The number of rotatable bonds is 4. The fourth-order valence-electron chi connectivity index (χ4n) is 2.93. The normalized spacial score (nSPS) is 21.3. The molecule has 1 aliphatic carbocycles. The summed E-state index contributed by atoms with van der Waals surface area (Å²) in [5, 5.41) is 12.9. The van der Waals surface area contributed by atoms with Gasteiger partial charge in [-0.2, -0.15) is 4.98 Å².